The number of carbonyl (C=O) groups excluding carboxylic acids is 4. The molecule has 0 bridgehead atoms. The Hall–Kier alpha value is -12.4. The van der Waals surface area contributed by atoms with Crippen LogP contribution < -0.4 is 73.7 Å². The van der Waals surface area contributed by atoms with E-state index in [0.717, 1.165) is 78.5 Å². The average molecular weight is 1620 g/mol. The molecule has 4 aromatic carbocycles. The van der Waals surface area contributed by atoms with Gasteiger partial charge in [0.15, 0.2) is 16.9 Å². The number of alkyl halides is 1. The van der Waals surface area contributed by atoms with E-state index in [1.54, 1.807) is 44.4 Å². The number of ether oxygens (including phenoxy) is 2. The van der Waals surface area contributed by atoms with Crippen LogP contribution >= 0.6 is 35.6 Å². The van der Waals surface area contributed by atoms with Crippen LogP contribution in [0.25, 0.3) is 71.7 Å². The van der Waals surface area contributed by atoms with Gasteiger partial charge in [-0.05, 0) is 93.5 Å². The van der Waals surface area contributed by atoms with Crippen LogP contribution in [0.1, 0.15) is 123 Å². The average Bonchev–Trinajstić information content (AvgIpc) is 1.52. The quantitative estimate of drug-likeness (QED) is 0.0101. The van der Waals surface area contributed by atoms with E-state index in [9.17, 15) is 9.59 Å². The van der Waals surface area contributed by atoms with Crippen LogP contribution in [0.3, 0.4) is 0 Å². The maximum absolute atomic E-state index is 12.1. The smallest absolute Gasteiger partial charge is 0.662 e. The minimum absolute atomic E-state index is 0. The second kappa shape index (κ2) is 45.8. The molecule has 0 aliphatic rings. The Morgan fingerprint density at radius 2 is 0.886 bits per heavy atom. The van der Waals surface area contributed by atoms with Crippen molar-refractivity contribution in [3.8, 4) is 45.0 Å². The molecule has 4 atom stereocenters. The largest absolute Gasteiger partial charge is 1.00 e. The summed E-state index contributed by atoms with van der Waals surface area (Å²) in [5.41, 5.74) is 35.2. The van der Waals surface area contributed by atoms with Crippen molar-refractivity contribution in [1.29, 1.82) is 0 Å². The zero-order valence-corrected chi connectivity index (χ0v) is 67.8. The minimum Gasteiger partial charge on any atom is -0.662 e. The number of alkyl carbamates (subject to hydrolysis) is 2. The van der Waals surface area contributed by atoms with Crippen molar-refractivity contribution < 1.29 is 68.4 Å². The van der Waals surface area contributed by atoms with Crippen molar-refractivity contribution in [3.63, 3.8) is 0 Å². The Kier molecular flexibility index (Phi) is 37.8. The Balaban J connectivity index is 0.000000297. The summed E-state index contributed by atoms with van der Waals surface area (Å²) in [6, 6.07) is 46.3. The maximum Gasteiger partial charge on any atom is 1.00 e. The van der Waals surface area contributed by atoms with Gasteiger partial charge in [0.2, 0.25) is 0 Å². The summed E-state index contributed by atoms with van der Waals surface area (Å²) in [6.45, 7) is 32.4. The number of fused-ring (bicyclic) bond motifs is 3. The van der Waals surface area contributed by atoms with E-state index >= 15 is 0 Å². The van der Waals surface area contributed by atoms with Crippen molar-refractivity contribution in [2.24, 2.45) is 5.73 Å². The molecule has 9 aromatic heterocycles. The second-order valence-corrected chi connectivity index (χ2v) is 26.2. The van der Waals surface area contributed by atoms with E-state index in [0.29, 0.717) is 23.6 Å². The summed E-state index contributed by atoms with van der Waals surface area (Å²) in [5, 5.41) is 39.6. The molecule has 13 aromatic rings. The molecule has 0 fully saturated rings. The predicted octanol–water partition coefficient (Wildman–Crippen LogP) is 11.4. The molecule has 0 saturated heterocycles. The third-order valence-corrected chi connectivity index (χ3v) is 15.4. The molecule has 13 rings (SSSR count). The molecule has 114 heavy (non-hydrogen) atoms. The number of imidazole rings is 3. The fourth-order valence-corrected chi connectivity index (χ4v) is 10.3. The van der Waals surface area contributed by atoms with Crippen LogP contribution in [-0.2, 0) is 24.0 Å². The molecule has 4 unspecified atom stereocenters. The number of aromatic nitrogens is 15. The van der Waals surface area contributed by atoms with E-state index in [-0.39, 0.29) is 114 Å². The number of hydrogen-bond acceptors (Lipinski definition) is 25. The number of nitrogens with zero attached hydrogens (tertiary/aromatic N) is 17. The number of halogens is 3. The van der Waals surface area contributed by atoms with Crippen molar-refractivity contribution in [2.75, 3.05) is 28.4 Å². The van der Waals surface area contributed by atoms with E-state index in [2.05, 4.69) is 85.8 Å². The van der Waals surface area contributed by atoms with Gasteiger partial charge in [-0.15, -0.1) is 34.2 Å². The number of hydrogen-bond donors (Lipinski definition) is 7. The van der Waals surface area contributed by atoms with Gasteiger partial charge in [0.05, 0.1) is 59.9 Å². The summed E-state index contributed by atoms with van der Waals surface area (Å²) >= 11 is 10.3. The number of nitrogen functional groups attached to an aromatic ring is 3. The summed E-state index contributed by atoms with van der Waals surface area (Å²) in [5.74, 6) is 1.08. The number of aldehydes is 1. The molecule has 0 saturated carbocycles. The van der Waals surface area contributed by atoms with Gasteiger partial charge in [-0.25, -0.2) is 67.7 Å². The molecule has 0 aliphatic carbocycles. The normalized spacial score (nSPS) is 11.3. The number of rotatable bonds is 14. The van der Waals surface area contributed by atoms with Gasteiger partial charge in [0.25, 0.3) is 17.8 Å². The molecule has 0 aliphatic heterocycles. The standard InChI is InChI=1S/C19H16N8.C19H22N4O2.C17H22N4O2.C14H14N4.C5H3ClN4.C2H3ClO.CH2O3.CH4.ClH.Na/c1-12(25-19-17(21-2)18(20)23-11-24-19)14-10-15-22-8-9-27(15)26-16(14)13-6-4-3-5-7-13;1-13(21-18(24)25-19(2,3)4)15-12-16-20-10-11-23(16)22-17(15)14-8-6-5-7-9-14;1-11(19-16(22)23-17(2,3)4)13-10-14(18)20-21-15(13)12-8-6-5-7-9-12;1-10(15)12-9-13-16-7-8-18(13)17-14(12)11-5-3-2-4-6-11;1-8-3-4(6)9-2-10-5(3)7;3-1-2-4;2-1-4-3;;;/h3-12H,1H3,(H3,20,23,24,25);5-13H,1-4H3,(H,21,24);5-11H,1-4H3,(H2,18,20)(H,19,22);2-10H,15H2,1H3;2H,(H2,7,9,10);2H,1H2;1,3H;1H4;1H;/q;;;;;;;;;+1/p-1. The monoisotopic (exact) mass is 1610 g/mol. The van der Waals surface area contributed by atoms with Gasteiger partial charge in [-0.2, -0.15) is 15.3 Å². The minimum atomic E-state index is -0.554. The van der Waals surface area contributed by atoms with E-state index < -0.39 is 23.4 Å². The third-order valence-electron chi connectivity index (χ3n) is 15.0. The maximum atomic E-state index is 12.1. The first-order valence-corrected chi connectivity index (χ1v) is 34.7. The summed E-state index contributed by atoms with van der Waals surface area (Å²) in [7, 11) is 0. The molecular formula is C78H86Cl3N24NaO8. The van der Waals surface area contributed by atoms with Crippen LogP contribution in [0.2, 0.25) is 5.15 Å². The Morgan fingerprint density at radius 3 is 1.23 bits per heavy atom. The zero-order chi connectivity index (χ0) is 80.8. The van der Waals surface area contributed by atoms with Crippen LogP contribution in [0, 0.1) is 13.1 Å². The molecule has 0 radical (unpaired) electrons. The molecule has 0 spiro atoms. The SMILES string of the molecule is C.CC(N)c1cc2nccn2nc1-c1ccccc1.CC(NC(=O)OC(C)(C)C)c1cc(N)nnc1-c1ccccc1.CC(NC(=O)OC(C)(C)C)c1cc2nccn2nc1-c1ccccc1.Cl.O=CCCl.O=CO[O-].[C-]#[N+]c1c(N)ncnc1Cl.[C-]#[N+]c1c(N)ncnc1NC(C)c1cc2nccn2nc1-c1ccccc1.[Na+]. The Labute approximate surface area is 697 Å². The van der Waals surface area contributed by atoms with Crippen LogP contribution in [0.4, 0.5) is 44.2 Å². The molecular weight excluding hydrogens is 1530 g/mol. The number of nitrogens with two attached hydrogens (primary N) is 4. The number of amides is 2. The molecule has 9 heterocycles. The molecule has 36 heteroatoms. The van der Waals surface area contributed by atoms with Crippen molar-refractivity contribution in [2.45, 2.75) is 112 Å². The third kappa shape index (κ3) is 27.8. The van der Waals surface area contributed by atoms with Crippen LogP contribution in [0.15, 0.2) is 195 Å². The number of carbonyl (C=O) groups is 4. The van der Waals surface area contributed by atoms with Gasteiger partial charge in [0, 0.05) is 87.7 Å². The zero-order valence-electron chi connectivity index (χ0n) is 63.5. The topological polar surface area (TPSA) is 436 Å². The second-order valence-electron chi connectivity index (χ2n) is 25.6. The van der Waals surface area contributed by atoms with E-state index in [1.807, 2.05) is 221 Å². The Bertz CT molecular complexity index is 5270. The number of benzene rings is 4. The summed E-state index contributed by atoms with van der Waals surface area (Å²) in [6.07, 6.45) is 12.9. The van der Waals surface area contributed by atoms with E-state index in [4.69, 9.17) is 88.7 Å². The predicted molar refractivity (Wildman–Crippen MR) is 436 cm³/mol. The number of anilines is 4. The van der Waals surface area contributed by atoms with Crippen molar-refractivity contribution in [3.05, 3.63) is 246 Å². The summed E-state index contributed by atoms with van der Waals surface area (Å²) in [4.78, 5) is 78.9. The van der Waals surface area contributed by atoms with Crippen LogP contribution in [0.5, 0.6) is 0 Å². The van der Waals surface area contributed by atoms with Crippen molar-refractivity contribution >= 4 is 112 Å². The number of nitrogens with one attached hydrogen (secondary N) is 3. The first-order valence-electron chi connectivity index (χ1n) is 33.8. The van der Waals surface area contributed by atoms with E-state index in [1.165, 1.54) is 12.7 Å². The first kappa shape index (κ1) is 94.0. The molecule has 32 nitrogen and oxygen atoms in total. The van der Waals surface area contributed by atoms with Crippen LogP contribution in [-0.4, -0.2) is 116 Å². The molecule has 2 amide bonds. The van der Waals surface area contributed by atoms with Gasteiger partial charge in [-0.1, -0.05) is 140 Å². The first-order chi connectivity index (χ1) is 53.1. The van der Waals surface area contributed by atoms with Gasteiger partial charge in [0.1, 0.15) is 58.6 Å². The van der Waals surface area contributed by atoms with Gasteiger partial charge < -0.3 is 63.3 Å². The fraction of sp³-hybridized carbons (Fsp3) is 0.231. The Morgan fingerprint density at radius 1 is 0.544 bits per heavy atom. The summed E-state index contributed by atoms with van der Waals surface area (Å²) < 4.78 is 15.9. The molecule has 11 N–H and O–H groups in total. The fourth-order valence-electron chi connectivity index (χ4n) is 10.1. The van der Waals surface area contributed by atoms with Gasteiger partial charge in [-0.3, -0.25) is 4.79 Å². The van der Waals surface area contributed by atoms with Gasteiger partial charge >= 0.3 is 41.7 Å². The van der Waals surface area contributed by atoms with Crippen molar-refractivity contribution in [1.82, 2.24) is 84.6 Å². The molecule has 588 valence electrons.